The van der Waals surface area contributed by atoms with E-state index in [1.54, 1.807) is 41.4 Å². The van der Waals surface area contributed by atoms with Crippen LogP contribution in [0.3, 0.4) is 0 Å². The van der Waals surface area contributed by atoms with Gasteiger partial charge in [-0.3, -0.25) is 9.69 Å². The Morgan fingerprint density at radius 3 is 2.34 bits per heavy atom. The molecule has 0 unspecified atom stereocenters. The molecule has 1 aliphatic rings. The number of nitrogens with zero attached hydrogens (tertiary/aromatic N) is 3. The highest BCUT2D eigenvalue weighted by molar-refractivity contribution is 7.89. The molecule has 3 aromatic rings. The van der Waals surface area contributed by atoms with Gasteiger partial charge in [-0.05, 0) is 48.6 Å². The summed E-state index contributed by atoms with van der Waals surface area (Å²) >= 11 is 0. The maximum absolute atomic E-state index is 14.4. The van der Waals surface area contributed by atoms with E-state index < -0.39 is 39.0 Å². The highest BCUT2D eigenvalue weighted by Crippen LogP contribution is 2.25. The third-order valence-electron chi connectivity index (χ3n) is 7.35. The summed E-state index contributed by atoms with van der Waals surface area (Å²) in [7, 11) is -3.11. The largest absolute Gasteiger partial charge is 0.439 e. The zero-order valence-electron chi connectivity index (χ0n) is 24.8. The lowest BCUT2D eigenvalue weighted by Gasteiger charge is -2.38. The number of unbranched alkanes of at least 4 members (excludes halogenated alkanes) is 1. The van der Waals surface area contributed by atoms with E-state index in [1.807, 2.05) is 13.0 Å². The van der Waals surface area contributed by atoms with Crippen LogP contribution in [0.15, 0.2) is 54.7 Å². The number of ether oxygens (including phenoxy) is 1. The standard InChI is InChI=1S/C31H37F2N5O5S/c1-3-4-13-38(31(40)36-28-16-25(30(34)39)26(32)17-27(28)33)23-11-14-37(15-12-23)19-22-7-10-29(35-18-22)43-24-8-5-21(6-9-24)20-44(2,41)42/h5-10,16-18,23H,3-4,11-15,19-20H2,1-2H3,(H2,34,39)(H,36,40). The minimum Gasteiger partial charge on any atom is -0.439 e. The third kappa shape index (κ3) is 9.20. The van der Waals surface area contributed by atoms with E-state index in [-0.39, 0.29) is 17.5 Å². The summed E-state index contributed by atoms with van der Waals surface area (Å²) in [6.07, 6.45) is 5.98. The molecule has 10 nitrogen and oxygen atoms in total. The molecule has 3 amide bonds. The number of benzene rings is 2. The predicted octanol–water partition coefficient (Wildman–Crippen LogP) is 5.09. The van der Waals surface area contributed by atoms with Gasteiger partial charge >= 0.3 is 6.03 Å². The molecule has 2 heterocycles. The normalized spacial score (nSPS) is 14.3. The Balaban J connectivity index is 1.31. The number of nitrogens with one attached hydrogen (secondary N) is 1. The third-order valence-corrected chi connectivity index (χ3v) is 8.21. The summed E-state index contributed by atoms with van der Waals surface area (Å²) in [5.41, 5.74) is 6.06. The van der Waals surface area contributed by atoms with Crippen LogP contribution in [0.25, 0.3) is 0 Å². The maximum atomic E-state index is 14.4. The van der Waals surface area contributed by atoms with E-state index >= 15 is 0 Å². The first kappa shape index (κ1) is 32.8. The number of rotatable bonds is 12. The van der Waals surface area contributed by atoms with Crippen LogP contribution in [0, 0.1) is 11.6 Å². The lowest BCUT2D eigenvalue weighted by molar-refractivity contribution is 0.0996. The fraction of sp³-hybridized carbons (Fsp3) is 0.387. The number of carbonyl (C=O) groups excluding carboxylic acids is 2. The van der Waals surface area contributed by atoms with Gasteiger partial charge in [0.2, 0.25) is 5.88 Å². The zero-order valence-corrected chi connectivity index (χ0v) is 25.6. The van der Waals surface area contributed by atoms with E-state index in [4.69, 9.17) is 10.5 Å². The fourth-order valence-electron chi connectivity index (χ4n) is 5.09. The van der Waals surface area contributed by atoms with Crippen LogP contribution in [0.2, 0.25) is 0 Å². The topological polar surface area (TPSA) is 135 Å². The molecule has 236 valence electrons. The van der Waals surface area contributed by atoms with E-state index in [2.05, 4.69) is 15.2 Å². The molecule has 0 aliphatic carbocycles. The van der Waals surface area contributed by atoms with Gasteiger partial charge in [0.25, 0.3) is 5.91 Å². The highest BCUT2D eigenvalue weighted by atomic mass is 32.2. The molecule has 0 spiro atoms. The van der Waals surface area contributed by atoms with Crippen LogP contribution in [-0.2, 0) is 22.1 Å². The molecule has 4 rings (SSSR count). The fourth-order valence-corrected chi connectivity index (χ4v) is 5.89. The lowest BCUT2D eigenvalue weighted by Crippen LogP contribution is -2.49. The van der Waals surface area contributed by atoms with Crippen molar-refractivity contribution >= 4 is 27.5 Å². The summed E-state index contributed by atoms with van der Waals surface area (Å²) in [5, 5.41) is 2.50. The van der Waals surface area contributed by atoms with Crippen LogP contribution >= 0.6 is 0 Å². The van der Waals surface area contributed by atoms with Crippen molar-refractivity contribution in [1.29, 1.82) is 0 Å². The molecule has 0 atom stereocenters. The first-order chi connectivity index (χ1) is 20.9. The molecular formula is C31H37F2N5O5S. The minimum absolute atomic E-state index is 0.0312. The Morgan fingerprint density at radius 2 is 1.75 bits per heavy atom. The number of aromatic nitrogens is 1. The van der Waals surface area contributed by atoms with Crippen molar-refractivity contribution in [2.24, 2.45) is 5.73 Å². The average molecular weight is 630 g/mol. The van der Waals surface area contributed by atoms with Crippen molar-refractivity contribution in [3.63, 3.8) is 0 Å². The van der Waals surface area contributed by atoms with Gasteiger partial charge in [0.05, 0.1) is 17.0 Å². The molecule has 2 aromatic carbocycles. The molecule has 1 aromatic heterocycles. The van der Waals surface area contributed by atoms with Crippen LogP contribution in [-0.4, -0.2) is 67.1 Å². The average Bonchev–Trinajstić information content (AvgIpc) is 2.96. The summed E-state index contributed by atoms with van der Waals surface area (Å²) in [4.78, 5) is 33.1. The summed E-state index contributed by atoms with van der Waals surface area (Å²) in [5.74, 6) is -2.18. The van der Waals surface area contributed by atoms with Crippen LogP contribution in [0.4, 0.5) is 19.3 Å². The summed E-state index contributed by atoms with van der Waals surface area (Å²) < 4.78 is 57.0. The number of carbonyl (C=O) groups is 2. The number of urea groups is 1. The molecule has 13 heteroatoms. The van der Waals surface area contributed by atoms with Crippen LogP contribution in [0.1, 0.15) is 54.1 Å². The van der Waals surface area contributed by atoms with Crippen molar-refractivity contribution in [3.05, 3.63) is 83.1 Å². The van der Waals surface area contributed by atoms with Gasteiger partial charge in [-0.15, -0.1) is 0 Å². The van der Waals surface area contributed by atoms with E-state index in [1.165, 1.54) is 6.26 Å². The number of anilines is 1. The SMILES string of the molecule is CCCCN(C(=O)Nc1cc(C(N)=O)c(F)cc1F)C1CCN(Cc2ccc(Oc3ccc(CS(C)(=O)=O)cc3)nc2)CC1. The lowest BCUT2D eigenvalue weighted by atomic mass is 10.0. The Kier molecular flexibility index (Phi) is 10.9. The van der Waals surface area contributed by atoms with E-state index in [0.29, 0.717) is 49.2 Å². The van der Waals surface area contributed by atoms with Crippen LogP contribution < -0.4 is 15.8 Å². The molecule has 1 saturated heterocycles. The Bertz CT molecular complexity index is 1560. The van der Waals surface area contributed by atoms with Crippen molar-refractivity contribution in [2.75, 3.05) is 31.2 Å². The number of hydrogen-bond acceptors (Lipinski definition) is 7. The monoisotopic (exact) mass is 629 g/mol. The predicted molar refractivity (Wildman–Crippen MR) is 163 cm³/mol. The molecule has 0 bridgehead atoms. The molecule has 44 heavy (non-hydrogen) atoms. The number of nitrogens with two attached hydrogens (primary N) is 1. The second-order valence-electron chi connectivity index (χ2n) is 11.0. The van der Waals surface area contributed by atoms with Gasteiger partial charge in [0, 0.05) is 56.8 Å². The van der Waals surface area contributed by atoms with Gasteiger partial charge in [-0.1, -0.05) is 31.5 Å². The number of amides is 3. The number of piperidine rings is 1. The number of likely N-dealkylation sites (tertiary alicyclic amines) is 1. The number of halogens is 2. The van der Waals surface area contributed by atoms with Gasteiger partial charge in [-0.2, -0.15) is 0 Å². The second kappa shape index (κ2) is 14.6. The van der Waals surface area contributed by atoms with Crippen LogP contribution in [0.5, 0.6) is 11.6 Å². The first-order valence-electron chi connectivity index (χ1n) is 14.4. The zero-order chi connectivity index (χ0) is 31.9. The van der Waals surface area contributed by atoms with E-state index in [9.17, 15) is 26.8 Å². The summed E-state index contributed by atoms with van der Waals surface area (Å²) in [6, 6.07) is 11.4. The molecule has 1 aliphatic heterocycles. The number of pyridine rings is 1. The smallest absolute Gasteiger partial charge is 0.322 e. The Hall–Kier alpha value is -4.10. The minimum atomic E-state index is -3.11. The quantitative estimate of drug-likeness (QED) is 0.285. The first-order valence-corrected chi connectivity index (χ1v) is 16.5. The Labute approximate surface area is 256 Å². The highest BCUT2D eigenvalue weighted by Gasteiger charge is 2.28. The number of primary amides is 1. The number of sulfone groups is 1. The molecule has 3 N–H and O–H groups in total. The number of hydrogen-bond donors (Lipinski definition) is 2. The van der Waals surface area contributed by atoms with Gasteiger partial charge in [0.1, 0.15) is 17.4 Å². The Morgan fingerprint density at radius 1 is 1.07 bits per heavy atom. The van der Waals surface area contributed by atoms with Crippen molar-refractivity contribution in [3.8, 4) is 11.6 Å². The van der Waals surface area contributed by atoms with Gasteiger partial charge in [-0.25, -0.2) is 27.0 Å². The van der Waals surface area contributed by atoms with Gasteiger partial charge in [0.15, 0.2) is 9.84 Å². The summed E-state index contributed by atoms with van der Waals surface area (Å²) in [6.45, 7) is 4.62. The second-order valence-corrected chi connectivity index (χ2v) is 13.1. The van der Waals surface area contributed by atoms with Crippen molar-refractivity contribution in [1.82, 2.24) is 14.8 Å². The van der Waals surface area contributed by atoms with E-state index in [0.717, 1.165) is 37.6 Å². The molecule has 1 fully saturated rings. The van der Waals surface area contributed by atoms with Crippen molar-refractivity contribution in [2.45, 2.75) is 50.9 Å². The maximum Gasteiger partial charge on any atom is 0.322 e. The van der Waals surface area contributed by atoms with Gasteiger partial charge < -0.3 is 20.7 Å². The molecule has 0 saturated carbocycles. The van der Waals surface area contributed by atoms with Crippen molar-refractivity contribution < 1.29 is 31.5 Å². The molecular weight excluding hydrogens is 592 g/mol. The molecule has 0 radical (unpaired) electrons.